The SMILES string of the molecule is CCCNCCNC(=O)c1ccc(C2SCCCS2)cc1. The van der Waals surface area contributed by atoms with E-state index in [2.05, 4.69) is 29.7 Å². The van der Waals surface area contributed by atoms with E-state index in [4.69, 9.17) is 0 Å². The van der Waals surface area contributed by atoms with Crippen molar-refractivity contribution in [1.82, 2.24) is 10.6 Å². The van der Waals surface area contributed by atoms with E-state index in [9.17, 15) is 4.79 Å². The maximum Gasteiger partial charge on any atom is 0.251 e. The van der Waals surface area contributed by atoms with E-state index in [0.717, 1.165) is 25.1 Å². The molecule has 0 aliphatic carbocycles. The minimum absolute atomic E-state index is 0.0174. The van der Waals surface area contributed by atoms with Gasteiger partial charge in [-0.3, -0.25) is 4.79 Å². The molecule has 3 nitrogen and oxygen atoms in total. The summed E-state index contributed by atoms with van der Waals surface area (Å²) < 4.78 is 0.536. The number of amides is 1. The van der Waals surface area contributed by atoms with Gasteiger partial charge in [-0.1, -0.05) is 19.1 Å². The van der Waals surface area contributed by atoms with Crippen molar-refractivity contribution in [3.05, 3.63) is 35.4 Å². The third-order valence-electron chi connectivity index (χ3n) is 3.29. The van der Waals surface area contributed by atoms with Gasteiger partial charge in [0, 0.05) is 18.7 Å². The van der Waals surface area contributed by atoms with Gasteiger partial charge >= 0.3 is 0 Å². The average Bonchev–Trinajstić information content (AvgIpc) is 2.55. The molecule has 1 aromatic carbocycles. The molecule has 1 amide bonds. The standard InChI is InChI=1S/C16H24N2OS2/c1-2-8-17-9-10-18-15(19)13-4-6-14(7-5-13)16-20-11-3-12-21-16/h4-7,16-17H,2-3,8-12H2,1H3,(H,18,19). The lowest BCUT2D eigenvalue weighted by atomic mass is 10.1. The highest BCUT2D eigenvalue weighted by molar-refractivity contribution is 8.16. The first-order valence-electron chi connectivity index (χ1n) is 7.63. The monoisotopic (exact) mass is 324 g/mol. The molecule has 0 unspecified atom stereocenters. The molecule has 1 saturated heterocycles. The third kappa shape index (κ3) is 5.57. The van der Waals surface area contributed by atoms with Crippen molar-refractivity contribution in [1.29, 1.82) is 0 Å². The van der Waals surface area contributed by atoms with E-state index in [-0.39, 0.29) is 5.91 Å². The normalized spacial score (nSPS) is 15.9. The summed E-state index contributed by atoms with van der Waals surface area (Å²) in [7, 11) is 0. The predicted octanol–water partition coefficient (Wildman–Crippen LogP) is 3.28. The summed E-state index contributed by atoms with van der Waals surface area (Å²) in [5, 5.41) is 6.22. The molecule has 0 radical (unpaired) electrons. The predicted molar refractivity (Wildman–Crippen MR) is 94.2 cm³/mol. The zero-order valence-corrected chi connectivity index (χ0v) is 14.2. The summed E-state index contributed by atoms with van der Waals surface area (Å²) in [4.78, 5) is 12.0. The highest BCUT2D eigenvalue weighted by Gasteiger charge is 2.16. The molecule has 0 spiro atoms. The van der Waals surface area contributed by atoms with Gasteiger partial charge in [0.2, 0.25) is 0 Å². The largest absolute Gasteiger partial charge is 0.351 e. The minimum Gasteiger partial charge on any atom is -0.351 e. The first-order valence-corrected chi connectivity index (χ1v) is 9.73. The fourth-order valence-corrected chi connectivity index (χ4v) is 5.03. The topological polar surface area (TPSA) is 41.1 Å². The third-order valence-corrected chi connectivity index (χ3v) is 6.30. The molecule has 1 aliphatic heterocycles. The van der Waals surface area contributed by atoms with Crippen LogP contribution in [0.15, 0.2) is 24.3 Å². The van der Waals surface area contributed by atoms with Crippen LogP contribution in [0.2, 0.25) is 0 Å². The molecule has 5 heteroatoms. The van der Waals surface area contributed by atoms with E-state index in [1.807, 2.05) is 35.7 Å². The van der Waals surface area contributed by atoms with Crippen molar-refractivity contribution in [2.24, 2.45) is 0 Å². The smallest absolute Gasteiger partial charge is 0.251 e. The van der Waals surface area contributed by atoms with Gasteiger partial charge in [0.05, 0.1) is 4.58 Å². The fraction of sp³-hybridized carbons (Fsp3) is 0.562. The van der Waals surface area contributed by atoms with Crippen molar-refractivity contribution in [3.63, 3.8) is 0 Å². The molecule has 0 atom stereocenters. The second-order valence-corrected chi connectivity index (χ2v) is 7.78. The first kappa shape index (κ1) is 16.7. The Kier molecular flexibility index (Phi) is 7.47. The van der Waals surface area contributed by atoms with E-state index in [0.29, 0.717) is 11.1 Å². The molecule has 0 saturated carbocycles. The van der Waals surface area contributed by atoms with Gasteiger partial charge < -0.3 is 10.6 Å². The molecule has 2 rings (SSSR count). The van der Waals surface area contributed by atoms with Crippen LogP contribution in [0.3, 0.4) is 0 Å². The number of thioether (sulfide) groups is 2. The number of nitrogens with one attached hydrogen (secondary N) is 2. The Morgan fingerprint density at radius 1 is 1.14 bits per heavy atom. The van der Waals surface area contributed by atoms with Crippen molar-refractivity contribution in [2.45, 2.75) is 24.3 Å². The molecule has 2 N–H and O–H groups in total. The molecule has 0 aromatic heterocycles. The average molecular weight is 325 g/mol. The van der Waals surface area contributed by atoms with E-state index in [1.165, 1.54) is 23.5 Å². The Balaban J connectivity index is 1.79. The Labute approximate surface area is 136 Å². The molecule has 1 heterocycles. The number of hydrogen-bond donors (Lipinski definition) is 2. The Morgan fingerprint density at radius 2 is 1.86 bits per heavy atom. The van der Waals surface area contributed by atoms with Crippen molar-refractivity contribution < 1.29 is 4.79 Å². The Morgan fingerprint density at radius 3 is 2.52 bits per heavy atom. The minimum atomic E-state index is 0.0174. The van der Waals surface area contributed by atoms with Gasteiger partial charge in [-0.05, 0) is 48.6 Å². The lowest BCUT2D eigenvalue weighted by Crippen LogP contribution is -2.32. The molecule has 1 aromatic rings. The van der Waals surface area contributed by atoms with Crippen LogP contribution in [0.25, 0.3) is 0 Å². The summed E-state index contributed by atoms with van der Waals surface area (Å²) in [6.07, 6.45) is 2.42. The van der Waals surface area contributed by atoms with Gasteiger partial charge in [0.25, 0.3) is 5.91 Å². The molecule has 116 valence electrons. The van der Waals surface area contributed by atoms with E-state index >= 15 is 0 Å². The Hall–Kier alpha value is -0.650. The summed E-state index contributed by atoms with van der Waals surface area (Å²) in [6, 6.07) is 8.08. The quantitative estimate of drug-likeness (QED) is 0.755. The highest BCUT2D eigenvalue weighted by Crippen LogP contribution is 2.43. The summed E-state index contributed by atoms with van der Waals surface area (Å²) in [5.41, 5.74) is 2.07. The molecular formula is C16H24N2OS2. The Bertz CT molecular complexity index is 430. The summed E-state index contributed by atoms with van der Waals surface area (Å²) in [6.45, 7) is 4.64. The van der Waals surface area contributed by atoms with E-state index < -0.39 is 0 Å². The second kappa shape index (κ2) is 9.38. The van der Waals surface area contributed by atoms with Crippen LogP contribution in [0.1, 0.15) is 40.3 Å². The van der Waals surface area contributed by atoms with Crippen LogP contribution < -0.4 is 10.6 Å². The molecule has 1 aliphatic rings. The first-order chi connectivity index (χ1) is 10.3. The summed E-state index contributed by atoms with van der Waals surface area (Å²) in [5.74, 6) is 2.50. The number of hydrogen-bond acceptors (Lipinski definition) is 4. The number of carbonyl (C=O) groups is 1. The zero-order chi connectivity index (χ0) is 14.9. The lowest BCUT2D eigenvalue weighted by molar-refractivity contribution is 0.0954. The van der Waals surface area contributed by atoms with Crippen molar-refractivity contribution in [2.75, 3.05) is 31.1 Å². The van der Waals surface area contributed by atoms with Crippen LogP contribution in [0.4, 0.5) is 0 Å². The maximum absolute atomic E-state index is 12.0. The maximum atomic E-state index is 12.0. The van der Waals surface area contributed by atoms with Crippen molar-refractivity contribution in [3.8, 4) is 0 Å². The van der Waals surface area contributed by atoms with Gasteiger partial charge in [0.15, 0.2) is 0 Å². The molecule has 21 heavy (non-hydrogen) atoms. The van der Waals surface area contributed by atoms with Gasteiger partial charge in [-0.15, -0.1) is 23.5 Å². The van der Waals surface area contributed by atoms with E-state index in [1.54, 1.807) is 0 Å². The molecular weight excluding hydrogens is 300 g/mol. The lowest BCUT2D eigenvalue weighted by Gasteiger charge is -2.21. The van der Waals surface area contributed by atoms with Crippen LogP contribution in [-0.2, 0) is 0 Å². The van der Waals surface area contributed by atoms with Crippen LogP contribution in [0.5, 0.6) is 0 Å². The molecule has 1 fully saturated rings. The van der Waals surface area contributed by atoms with Gasteiger partial charge in [-0.25, -0.2) is 0 Å². The van der Waals surface area contributed by atoms with Gasteiger partial charge in [0.1, 0.15) is 0 Å². The number of rotatable bonds is 7. The van der Waals surface area contributed by atoms with Gasteiger partial charge in [-0.2, -0.15) is 0 Å². The second-order valence-electron chi connectivity index (χ2n) is 5.05. The van der Waals surface area contributed by atoms with Crippen LogP contribution in [0, 0.1) is 0 Å². The summed E-state index contributed by atoms with van der Waals surface area (Å²) >= 11 is 4.01. The molecule has 0 bridgehead atoms. The number of benzene rings is 1. The fourth-order valence-electron chi connectivity index (χ4n) is 2.14. The number of carbonyl (C=O) groups excluding carboxylic acids is 1. The zero-order valence-electron chi connectivity index (χ0n) is 12.6. The van der Waals surface area contributed by atoms with Crippen LogP contribution >= 0.6 is 23.5 Å². The van der Waals surface area contributed by atoms with Crippen molar-refractivity contribution >= 4 is 29.4 Å². The van der Waals surface area contributed by atoms with Crippen LogP contribution in [-0.4, -0.2) is 37.0 Å². The highest BCUT2D eigenvalue weighted by atomic mass is 32.2.